The summed E-state index contributed by atoms with van der Waals surface area (Å²) in [5, 5.41) is 0. The number of alkyl halides is 3. The maximum atomic E-state index is 13.9. The van der Waals surface area contributed by atoms with Crippen molar-refractivity contribution in [2.45, 2.75) is 83.2 Å². The highest BCUT2D eigenvalue weighted by Crippen LogP contribution is 2.55. The Morgan fingerprint density at radius 2 is 1.94 bits per heavy atom. The van der Waals surface area contributed by atoms with Gasteiger partial charge in [-0.1, -0.05) is 13.0 Å². The maximum Gasteiger partial charge on any atom is 0.416 e. The summed E-state index contributed by atoms with van der Waals surface area (Å²) in [5.41, 5.74) is 0.296. The maximum absolute atomic E-state index is 13.9. The van der Waals surface area contributed by atoms with Gasteiger partial charge in [0.15, 0.2) is 0 Å². The van der Waals surface area contributed by atoms with Gasteiger partial charge in [-0.15, -0.1) is 0 Å². The average molecular weight is 509 g/mol. The number of carbonyl (C=O) groups excluding carboxylic acids is 2. The number of amides is 1. The van der Waals surface area contributed by atoms with Crippen LogP contribution < -0.4 is 0 Å². The molecule has 1 saturated carbocycles. The van der Waals surface area contributed by atoms with Crippen molar-refractivity contribution in [1.29, 1.82) is 0 Å². The molecule has 1 amide bonds. The molecule has 0 bridgehead atoms. The lowest BCUT2D eigenvalue weighted by Crippen LogP contribution is -2.48. The highest BCUT2D eigenvalue weighted by atomic mass is 19.4. The minimum Gasteiger partial charge on any atom is -0.465 e. The van der Waals surface area contributed by atoms with Crippen LogP contribution in [-0.2, 0) is 38.2 Å². The Labute approximate surface area is 210 Å². The van der Waals surface area contributed by atoms with Crippen molar-refractivity contribution < 1.29 is 32.2 Å². The van der Waals surface area contributed by atoms with Crippen molar-refractivity contribution in [1.82, 2.24) is 9.80 Å². The SMILES string of the molecule is CCOC(=O)CN(C1CCOCC1)[C@@H]1CC[C@@]2(C1)C(=O)N1Cc3cc(C(F)(F)F)ccc3CC1C2C. The Bertz CT molecular complexity index is 1010. The van der Waals surface area contributed by atoms with Crippen LogP contribution in [0.5, 0.6) is 0 Å². The Hall–Kier alpha value is -2.13. The summed E-state index contributed by atoms with van der Waals surface area (Å²) in [4.78, 5) is 30.5. The van der Waals surface area contributed by atoms with E-state index in [2.05, 4.69) is 11.8 Å². The lowest BCUT2D eigenvalue weighted by atomic mass is 9.73. The monoisotopic (exact) mass is 508 g/mol. The van der Waals surface area contributed by atoms with Crippen molar-refractivity contribution >= 4 is 11.9 Å². The van der Waals surface area contributed by atoms with Gasteiger partial charge in [0.1, 0.15) is 0 Å². The lowest BCUT2D eigenvalue weighted by molar-refractivity contribution is -0.146. The Morgan fingerprint density at radius 1 is 1.19 bits per heavy atom. The summed E-state index contributed by atoms with van der Waals surface area (Å²) in [6.45, 7) is 6.01. The third-order valence-corrected chi connectivity index (χ3v) is 9.11. The van der Waals surface area contributed by atoms with Crippen LogP contribution in [0.4, 0.5) is 13.2 Å². The van der Waals surface area contributed by atoms with Crippen LogP contribution in [0.25, 0.3) is 0 Å². The van der Waals surface area contributed by atoms with Gasteiger partial charge in [-0.2, -0.15) is 13.2 Å². The van der Waals surface area contributed by atoms with Crippen LogP contribution in [0.15, 0.2) is 18.2 Å². The number of hydrogen-bond acceptors (Lipinski definition) is 5. The third-order valence-electron chi connectivity index (χ3n) is 9.11. The second-order valence-electron chi connectivity index (χ2n) is 10.8. The molecule has 3 aliphatic heterocycles. The van der Waals surface area contributed by atoms with Crippen molar-refractivity contribution in [3.63, 3.8) is 0 Å². The van der Waals surface area contributed by atoms with E-state index in [-0.39, 0.29) is 49.0 Å². The van der Waals surface area contributed by atoms with Gasteiger partial charge in [0.25, 0.3) is 0 Å². The van der Waals surface area contributed by atoms with Crippen molar-refractivity contribution in [2.75, 3.05) is 26.4 Å². The van der Waals surface area contributed by atoms with E-state index in [4.69, 9.17) is 9.47 Å². The van der Waals surface area contributed by atoms with Gasteiger partial charge in [-0.05, 0) is 74.6 Å². The summed E-state index contributed by atoms with van der Waals surface area (Å²) in [5.74, 6) is -0.0951. The predicted molar refractivity (Wildman–Crippen MR) is 126 cm³/mol. The zero-order chi connectivity index (χ0) is 25.7. The summed E-state index contributed by atoms with van der Waals surface area (Å²) < 4.78 is 50.7. The molecule has 3 fully saturated rings. The minimum atomic E-state index is -4.40. The molecular formula is C27H35F3N2O4. The predicted octanol–water partition coefficient (Wildman–Crippen LogP) is 4.19. The van der Waals surface area contributed by atoms with E-state index in [0.29, 0.717) is 38.2 Å². The Balaban J connectivity index is 1.37. The smallest absolute Gasteiger partial charge is 0.416 e. The molecule has 9 heteroatoms. The van der Waals surface area contributed by atoms with Crippen LogP contribution in [0.1, 0.15) is 62.6 Å². The number of hydrogen-bond donors (Lipinski definition) is 0. The molecule has 1 aromatic rings. The number of fused-ring (bicyclic) bond motifs is 2. The largest absolute Gasteiger partial charge is 0.465 e. The second kappa shape index (κ2) is 9.63. The minimum absolute atomic E-state index is 0.0120. The lowest BCUT2D eigenvalue weighted by Gasteiger charge is -2.38. The zero-order valence-corrected chi connectivity index (χ0v) is 21.0. The van der Waals surface area contributed by atoms with Crippen LogP contribution in [0, 0.1) is 11.3 Å². The van der Waals surface area contributed by atoms with E-state index in [1.165, 1.54) is 6.07 Å². The van der Waals surface area contributed by atoms with E-state index in [0.717, 1.165) is 37.3 Å². The van der Waals surface area contributed by atoms with E-state index in [1.54, 1.807) is 13.0 Å². The standard InChI is InChI=1S/C27H35F3N2O4/c1-3-36-24(33)16-31(21-7-10-35-11-8-21)22-6-9-26(14-22)17(2)23-13-18-4-5-20(27(28,29)30)12-19(18)15-32(23)25(26)34/h4-5,12,17,21-23H,3,6-11,13-16H2,1-2H3/t17?,22-,23?,26+/m1/s1. The summed E-state index contributed by atoms with van der Waals surface area (Å²) >= 11 is 0. The highest BCUT2D eigenvalue weighted by molar-refractivity contribution is 5.87. The van der Waals surface area contributed by atoms with Gasteiger partial charge < -0.3 is 14.4 Å². The molecule has 3 heterocycles. The fourth-order valence-electron chi connectivity index (χ4n) is 7.17. The van der Waals surface area contributed by atoms with E-state index in [9.17, 15) is 22.8 Å². The van der Waals surface area contributed by atoms with Gasteiger partial charge in [0.2, 0.25) is 5.91 Å². The third kappa shape index (κ3) is 4.42. The average Bonchev–Trinajstić information content (AvgIpc) is 3.38. The van der Waals surface area contributed by atoms with Gasteiger partial charge >= 0.3 is 12.1 Å². The van der Waals surface area contributed by atoms with Crippen LogP contribution in [0.3, 0.4) is 0 Å². The fraction of sp³-hybridized carbons (Fsp3) is 0.704. The number of rotatable bonds is 5. The molecule has 36 heavy (non-hydrogen) atoms. The number of esters is 1. The van der Waals surface area contributed by atoms with Crippen molar-refractivity contribution in [3.8, 4) is 0 Å². The molecule has 2 unspecified atom stereocenters. The molecule has 198 valence electrons. The first-order chi connectivity index (χ1) is 17.1. The van der Waals surface area contributed by atoms with Gasteiger partial charge in [-0.25, -0.2) is 0 Å². The second-order valence-corrected chi connectivity index (χ2v) is 10.8. The normalized spacial score (nSPS) is 30.7. The first-order valence-electron chi connectivity index (χ1n) is 13.1. The molecule has 0 N–H and O–H groups in total. The number of benzene rings is 1. The molecule has 6 nitrogen and oxygen atoms in total. The van der Waals surface area contributed by atoms with Crippen molar-refractivity contribution in [3.05, 3.63) is 34.9 Å². The molecule has 4 aliphatic rings. The van der Waals surface area contributed by atoms with Gasteiger partial charge in [0, 0.05) is 37.9 Å². The fourth-order valence-corrected chi connectivity index (χ4v) is 7.17. The van der Waals surface area contributed by atoms with E-state index >= 15 is 0 Å². The topological polar surface area (TPSA) is 59.1 Å². The Morgan fingerprint density at radius 3 is 2.64 bits per heavy atom. The Kier molecular flexibility index (Phi) is 6.83. The molecular weight excluding hydrogens is 473 g/mol. The quantitative estimate of drug-likeness (QED) is 0.559. The van der Waals surface area contributed by atoms with E-state index < -0.39 is 17.2 Å². The first kappa shape index (κ1) is 25.5. The van der Waals surface area contributed by atoms with Gasteiger partial charge in [-0.3, -0.25) is 14.5 Å². The number of nitrogens with zero attached hydrogens (tertiary/aromatic N) is 2. The molecule has 2 saturated heterocycles. The van der Waals surface area contributed by atoms with Crippen LogP contribution in [-0.4, -0.2) is 66.2 Å². The number of carbonyl (C=O) groups is 2. The molecule has 1 aromatic carbocycles. The van der Waals surface area contributed by atoms with Crippen LogP contribution in [0.2, 0.25) is 0 Å². The van der Waals surface area contributed by atoms with Gasteiger partial charge in [0.05, 0.1) is 24.1 Å². The summed E-state index contributed by atoms with van der Waals surface area (Å²) in [7, 11) is 0. The molecule has 1 aliphatic carbocycles. The summed E-state index contributed by atoms with van der Waals surface area (Å²) in [6.07, 6.45) is 0.0901. The molecule has 0 aromatic heterocycles. The first-order valence-corrected chi connectivity index (χ1v) is 13.1. The number of ether oxygens (including phenoxy) is 2. The highest BCUT2D eigenvalue weighted by Gasteiger charge is 2.61. The summed E-state index contributed by atoms with van der Waals surface area (Å²) in [6, 6.07) is 4.23. The molecule has 4 atom stereocenters. The molecule has 0 radical (unpaired) electrons. The molecule has 5 rings (SSSR count). The van der Waals surface area contributed by atoms with Crippen molar-refractivity contribution in [2.24, 2.45) is 11.3 Å². The molecule has 1 spiro atoms. The van der Waals surface area contributed by atoms with E-state index in [1.807, 2.05) is 4.90 Å². The zero-order valence-electron chi connectivity index (χ0n) is 21.0. The van der Waals surface area contributed by atoms with Crippen LogP contribution >= 0.6 is 0 Å². The number of halogens is 3.